The number of unbranched alkanes of at least 4 members (excludes halogenated alkanes) is 3. The highest BCUT2D eigenvalue weighted by atomic mass is 31.2. The molecule has 0 aromatic carbocycles. The van der Waals surface area contributed by atoms with Crippen LogP contribution in [-0.2, 0) is 18.1 Å². The smallest absolute Gasteiger partial charge is 0.287 e. The van der Waals surface area contributed by atoms with E-state index in [1.54, 1.807) is 0 Å². The van der Waals surface area contributed by atoms with Crippen LogP contribution in [0, 0.1) is 0 Å². The van der Waals surface area contributed by atoms with Crippen LogP contribution in [0.1, 0.15) is 60.7 Å². The van der Waals surface area contributed by atoms with Crippen LogP contribution in [0.15, 0.2) is 0 Å². The van der Waals surface area contributed by atoms with E-state index in [9.17, 15) is 4.57 Å². The van der Waals surface area contributed by atoms with Crippen LogP contribution in [0.4, 0.5) is 0 Å². The third-order valence-corrected chi connectivity index (χ3v) is 3.74. The zero-order chi connectivity index (χ0) is 13.0. The molecule has 0 radical (unpaired) electrons. The molecule has 0 amide bonds. The van der Waals surface area contributed by atoms with E-state index in [-0.39, 0.29) is 1.43 Å². The average molecular weight is 267 g/mol. The number of rotatable bonds is 12. The molecule has 0 N–H and O–H groups in total. The van der Waals surface area contributed by atoms with Crippen molar-refractivity contribution in [3.63, 3.8) is 0 Å². The van der Waals surface area contributed by atoms with Crippen molar-refractivity contribution in [2.75, 3.05) is 19.8 Å². The first-order valence-corrected chi connectivity index (χ1v) is 8.18. The molecule has 4 nitrogen and oxygen atoms in total. The minimum Gasteiger partial charge on any atom is -0.287 e. The summed E-state index contributed by atoms with van der Waals surface area (Å²) >= 11 is 0. The van der Waals surface area contributed by atoms with Gasteiger partial charge in [0.2, 0.25) is 0 Å². The molecule has 17 heavy (non-hydrogen) atoms. The first-order valence-electron chi connectivity index (χ1n) is 6.72. The van der Waals surface area contributed by atoms with E-state index >= 15 is 0 Å². The van der Waals surface area contributed by atoms with Gasteiger partial charge in [0.15, 0.2) is 0 Å². The molecule has 5 heteroatoms. The zero-order valence-corrected chi connectivity index (χ0v) is 12.3. The largest absolute Gasteiger partial charge is 1.00 e. The fourth-order valence-corrected chi connectivity index (χ4v) is 2.36. The monoisotopic (exact) mass is 267 g/mol. The Balaban J connectivity index is 0. The summed E-state index contributed by atoms with van der Waals surface area (Å²) < 4.78 is 28.0. The van der Waals surface area contributed by atoms with Crippen LogP contribution in [0.3, 0.4) is 0 Å². The van der Waals surface area contributed by atoms with Crippen LogP contribution in [0.2, 0.25) is 0 Å². The van der Waals surface area contributed by atoms with E-state index in [0.29, 0.717) is 19.8 Å². The van der Waals surface area contributed by atoms with Crippen LogP contribution in [-0.4, -0.2) is 19.8 Å². The van der Waals surface area contributed by atoms with Gasteiger partial charge in [0.25, 0.3) is 0 Å². The normalized spacial score (nSPS) is 11.9. The van der Waals surface area contributed by atoms with E-state index in [1.807, 2.05) is 0 Å². The van der Waals surface area contributed by atoms with Crippen LogP contribution in [0.25, 0.3) is 0 Å². The minimum absolute atomic E-state index is 0. The lowest BCUT2D eigenvalue weighted by Crippen LogP contribution is -2.03. The maximum atomic E-state index is 12.2. The van der Waals surface area contributed by atoms with Crippen molar-refractivity contribution in [1.29, 1.82) is 0 Å². The minimum atomic E-state index is -3.31. The summed E-state index contributed by atoms with van der Waals surface area (Å²) in [6.45, 7) is 7.49. The molecular weight excluding hydrogens is 239 g/mol. The van der Waals surface area contributed by atoms with Gasteiger partial charge in [-0.3, -0.25) is 13.6 Å². The lowest BCUT2D eigenvalue weighted by Gasteiger charge is -2.17. The number of phosphoric acid groups is 1. The fourth-order valence-electron chi connectivity index (χ4n) is 1.07. The Labute approximate surface area is 107 Å². The van der Waals surface area contributed by atoms with Gasteiger partial charge in [0.05, 0.1) is 19.8 Å². The van der Waals surface area contributed by atoms with Crippen LogP contribution in [0.5, 0.6) is 0 Å². The van der Waals surface area contributed by atoms with Crippen LogP contribution >= 0.6 is 7.82 Å². The maximum absolute atomic E-state index is 12.2. The Hall–Kier alpha value is 0.110. The SMILES string of the molecule is CCCCOP(=O)(OCCCC)OCCCC.[H+]. The molecule has 0 unspecified atom stereocenters. The van der Waals surface area contributed by atoms with Crippen molar-refractivity contribution < 1.29 is 19.6 Å². The molecule has 104 valence electrons. The lowest BCUT2D eigenvalue weighted by molar-refractivity contribution is 0.110. The zero-order valence-electron chi connectivity index (χ0n) is 12.4. The van der Waals surface area contributed by atoms with Gasteiger partial charge >= 0.3 is 9.25 Å². The molecule has 0 rings (SSSR count). The van der Waals surface area contributed by atoms with Crippen molar-refractivity contribution in [1.82, 2.24) is 0 Å². The molecule has 0 fully saturated rings. The molecule has 0 aromatic rings. The second-order valence-electron chi connectivity index (χ2n) is 4.01. The Bertz CT molecular complexity index is 181. The maximum Gasteiger partial charge on any atom is 1.00 e. The molecule has 0 aliphatic carbocycles. The third-order valence-electron chi connectivity index (χ3n) is 2.24. The summed E-state index contributed by atoms with van der Waals surface area (Å²) in [6, 6.07) is 0. The molecule has 0 spiro atoms. The lowest BCUT2D eigenvalue weighted by atomic mass is 10.4. The van der Waals surface area contributed by atoms with Crippen molar-refractivity contribution in [2.24, 2.45) is 0 Å². The summed E-state index contributed by atoms with van der Waals surface area (Å²) in [5.74, 6) is 0. The van der Waals surface area contributed by atoms with Gasteiger partial charge in [-0.25, -0.2) is 4.57 Å². The third kappa shape index (κ3) is 9.78. The summed E-state index contributed by atoms with van der Waals surface area (Å²) in [5.41, 5.74) is 0. The standard InChI is InChI=1S/C12H27O4P/c1-4-7-10-14-17(13,15-11-8-5-2)16-12-9-6-3/h4-12H2,1-3H3/p+1. The van der Waals surface area contributed by atoms with Crippen molar-refractivity contribution in [3.8, 4) is 0 Å². The van der Waals surface area contributed by atoms with Crippen molar-refractivity contribution >= 4 is 7.82 Å². The summed E-state index contributed by atoms with van der Waals surface area (Å²) in [5, 5.41) is 0. The van der Waals surface area contributed by atoms with Gasteiger partial charge in [-0.2, -0.15) is 0 Å². The van der Waals surface area contributed by atoms with Gasteiger partial charge in [0.1, 0.15) is 0 Å². The second-order valence-corrected chi connectivity index (χ2v) is 5.68. The molecule has 0 saturated carbocycles. The summed E-state index contributed by atoms with van der Waals surface area (Å²) in [7, 11) is -3.31. The Morgan fingerprint density at radius 3 is 1.29 bits per heavy atom. The Morgan fingerprint density at radius 1 is 0.765 bits per heavy atom. The second kappa shape index (κ2) is 11.2. The molecule has 0 bridgehead atoms. The van der Waals surface area contributed by atoms with Gasteiger partial charge < -0.3 is 0 Å². The number of hydrogen-bond donors (Lipinski definition) is 0. The number of hydrogen-bond acceptors (Lipinski definition) is 4. The molecule has 0 atom stereocenters. The van der Waals surface area contributed by atoms with E-state index in [1.165, 1.54) is 0 Å². The van der Waals surface area contributed by atoms with E-state index < -0.39 is 7.82 Å². The summed E-state index contributed by atoms with van der Waals surface area (Å²) in [4.78, 5) is 0. The van der Waals surface area contributed by atoms with E-state index in [0.717, 1.165) is 38.5 Å². The topological polar surface area (TPSA) is 44.8 Å². The van der Waals surface area contributed by atoms with Gasteiger partial charge in [-0.05, 0) is 19.3 Å². The predicted molar refractivity (Wildman–Crippen MR) is 71.3 cm³/mol. The molecule has 0 aliphatic heterocycles. The van der Waals surface area contributed by atoms with Crippen molar-refractivity contribution in [2.45, 2.75) is 59.3 Å². The van der Waals surface area contributed by atoms with Gasteiger partial charge in [-0.1, -0.05) is 40.0 Å². The molecule has 0 aliphatic rings. The summed E-state index contributed by atoms with van der Waals surface area (Å²) in [6.07, 6.45) is 5.63. The average Bonchev–Trinajstić information content (AvgIpc) is 2.30. The van der Waals surface area contributed by atoms with Crippen LogP contribution < -0.4 is 0 Å². The fraction of sp³-hybridized carbons (Fsp3) is 1.00. The van der Waals surface area contributed by atoms with Crippen molar-refractivity contribution in [3.05, 3.63) is 0 Å². The molecular formula is C12H28O4P+. The van der Waals surface area contributed by atoms with E-state index in [4.69, 9.17) is 13.6 Å². The highest BCUT2D eigenvalue weighted by molar-refractivity contribution is 7.48. The van der Waals surface area contributed by atoms with Gasteiger partial charge in [0, 0.05) is 0 Å². The quantitative estimate of drug-likeness (QED) is 0.381. The van der Waals surface area contributed by atoms with E-state index in [2.05, 4.69) is 20.8 Å². The first kappa shape index (κ1) is 17.1. The Kier molecular flexibility index (Phi) is 11.3. The highest BCUT2D eigenvalue weighted by Crippen LogP contribution is 2.49. The Morgan fingerprint density at radius 2 is 1.06 bits per heavy atom. The predicted octanol–water partition coefficient (Wildman–Crippen LogP) is 4.66. The highest BCUT2D eigenvalue weighted by Gasteiger charge is 2.25. The van der Waals surface area contributed by atoms with Gasteiger partial charge in [-0.15, -0.1) is 0 Å². The molecule has 0 aromatic heterocycles. The first-order chi connectivity index (χ1) is 8.18. The molecule has 0 heterocycles. The molecule has 0 saturated heterocycles. The number of phosphoric ester groups is 1.